The topological polar surface area (TPSA) is 91.6 Å². The minimum Gasteiger partial charge on any atom is -0.475 e. The molecule has 6 nitrogen and oxygen atoms in total. The molecular formula is C12H14N2O4. The lowest BCUT2D eigenvalue weighted by Gasteiger charge is -2.21. The van der Waals surface area contributed by atoms with Crippen molar-refractivity contribution in [1.82, 2.24) is 10.6 Å². The molecule has 6 heteroatoms. The molecule has 1 amide bonds. The lowest BCUT2D eigenvalue weighted by molar-refractivity contribution is -0.117. The Labute approximate surface area is 104 Å². The molecule has 0 aromatic carbocycles. The van der Waals surface area contributed by atoms with Crippen LogP contribution in [-0.2, 0) is 11.3 Å². The standard InChI is InChI=1S/C12H14N2O4/c1-7(8-4-13-5-8)11(15)14-6-9-2-3-10(18-9)12(16)17/h2-3,13H,4-6H2,1H3,(H,14,15)(H,16,17). The molecule has 1 fully saturated rings. The first-order valence-electron chi connectivity index (χ1n) is 5.57. The summed E-state index contributed by atoms with van der Waals surface area (Å²) in [5.41, 5.74) is 1.80. The number of carbonyl (C=O) groups excluding carboxylic acids is 1. The van der Waals surface area contributed by atoms with Gasteiger partial charge in [0.15, 0.2) is 0 Å². The van der Waals surface area contributed by atoms with E-state index in [0.717, 1.165) is 18.7 Å². The molecule has 0 atom stereocenters. The fourth-order valence-electron chi connectivity index (χ4n) is 1.56. The van der Waals surface area contributed by atoms with Crippen LogP contribution in [0.1, 0.15) is 23.2 Å². The van der Waals surface area contributed by atoms with Gasteiger partial charge in [-0.1, -0.05) is 0 Å². The molecule has 3 N–H and O–H groups in total. The van der Waals surface area contributed by atoms with E-state index in [1.54, 1.807) is 6.92 Å². The minimum absolute atomic E-state index is 0.127. The number of carboxylic acids is 1. The molecule has 0 unspecified atom stereocenters. The maximum absolute atomic E-state index is 11.7. The Morgan fingerprint density at radius 3 is 2.67 bits per heavy atom. The summed E-state index contributed by atoms with van der Waals surface area (Å²) in [6.07, 6.45) is 0. The van der Waals surface area contributed by atoms with Crippen LogP contribution in [0.25, 0.3) is 0 Å². The molecule has 96 valence electrons. The van der Waals surface area contributed by atoms with Gasteiger partial charge in [0.05, 0.1) is 6.54 Å². The van der Waals surface area contributed by atoms with Crippen molar-refractivity contribution >= 4 is 11.9 Å². The molecule has 1 aromatic rings. The molecular weight excluding hydrogens is 236 g/mol. The number of nitrogens with one attached hydrogen (secondary N) is 2. The average Bonchev–Trinajstić information content (AvgIpc) is 2.72. The van der Waals surface area contributed by atoms with Crippen LogP contribution < -0.4 is 10.6 Å². The maximum atomic E-state index is 11.7. The van der Waals surface area contributed by atoms with Crippen molar-refractivity contribution in [2.24, 2.45) is 0 Å². The van der Waals surface area contributed by atoms with Crippen molar-refractivity contribution in [2.75, 3.05) is 13.1 Å². The largest absolute Gasteiger partial charge is 0.475 e. The summed E-state index contributed by atoms with van der Waals surface area (Å²) in [4.78, 5) is 22.3. The molecule has 0 bridgehead atoms. The van der Waals surface area contributed by atoms with E-state index in [2.05, 4.69) is 10.6 Å². The second-order valence-electron chi connectivity index (χ2n) is 4.09. The third-order valence-corrected chi connectivity index (χ3v) is 2.84. The second kappa shape index (κ2) is 5.05. The van der Waals surface area contributed by atoms with Gasteiger partial charge in [-0.2, -0.15) is 0 Å². The minimum atomic E-state index is -1.12. The van der Waals surface area contributed by atoms with E-state index in [9.17, 15) is 9.59 Å². The van der Waals surface area contributed by atoms with E-state index < -0.39 is 5.97 Å². The first-order valence-corrected chi connectivity index (χ1v) is 5.57. The van der Waals surface area contributed by atoms with Crippen molar-refractivity contribution in [3.8, 4) is 0 Å². The Hall–Kier alpha value is -2.08. The molecule has 0 aliphatic carbocycles. The Bertz CT molecular complexity index is 510. The van der Waals surface area contributed by atoms with Crippen molar-refractivity contribution in [1.29, 1.82) is 0 Å². The van der Waals surface area contributed by atoms with Gasteiger partial charge in [0.25, 0.3) is 0 Å². The number of amides is 1. The van der Waals surface area contributed by atoms with E-state index >= 15 is 0 Å². The monoisotopic (exact) mass is 250 g/mol. The van der Waals surface area contributed by atoms with Crippen LogP contribution in [0.3, 0.4) is 0 Å². The summed E-state index contributed by atoms with van der Waals surface area (Å²) in [5.74, 6) is -0.978. The Morgan fingerprint density at radius 1 is 1.44 bits per heavy atom. The van der Waals surface area contributed by atoms with Gasteiger partial charge in [-0.25, -0.2) is 4.79 Å². The molecule has 1 aliphatic heterocycles. The molecule has 0 spiro atoms. The first-order chi connectivity index (χ1) is 8.58. The highest BCUT2D eigenvalue weighted by molar-refractivity contribution is 5.93. The molecule has 18 heavy (non-hydrogen) atoms. The van der Waals surface area contributed by atoms with Gasteiger partial charge in [-0.3, -0.25) is 4.79 Å². The number of hydrogen-bond acceptors (Lipinski definition) is 4. The van der Waals surface area contributed by atoms with Crippen LogP contribution in [-0.4, -0.2) is 30.1 Å². The summed E-state index contributed by atoms with van der Waals surface area (Å²) in [7, 11) is 0. The van der Waals surface area contributed by atoms with Crippen LogP contribution in [0.4, 0.5) is 0 Å². The molecule has 2 rings (SSSR count). The molecule has 0 saturated carbocycles. The highest BCUT2D eigenvalue weighted by Gasteiger charge is 2.16. The molecule has 2 heterocycles. The summed E-state index contributed by atoms with van der Waals surface area (Å²) in [6, 6.07) is 2.90. The second-order valence-corrected chi connectivity index (χ2v) is 4.09. The smallest absolute Gasteiger partial charge is 0.371 e. The molecule has 1 aromatic heterocycles. The van der Waals surface area contributed by atoms with E-state index in [4.69, 9.17) is 9.52 Å². The maximum Gasteiger partial charge on any atom is 0.371 e. The zero-order valence-electron chi connectivity index (χ0n) is 9.95. The first kappa shape index (κ1) is 12.4. The number of aromatic carboxylic acids is 1. The number of hydrogen-bond donors (Lipinski definition) is 3. The lowest BCUT2D eigenvalue weighted by Crippen LogP contribution is -2.37. The molecule has 0 radical (unpaired) electrons. The van der Waals surface area contributed by atoms with Crippen LogP contribution in [0.2, 0.25) is 0 Å². The number of carbonyl (C=O) groups is 2. The van der Waals surface area contributed by atoms with Gasteiger partial charge in [-0.15, -0.1) is 0 Å². The van der Waals surface area contributed by atoms with Crippen molar-refractivity contribution in [3.63, 3.8) is 0 Å². The van der Waals surface area contributed by atoms with Crippen molar-refractivity contribution < 1.29 is 19.1 Å². The third kappa shape index (κ3) is 2.60. The Balaban J connectivity index is 1.91. The number of rotatable bonds is 4. The lowest BCUT2D eigenvalue weighted by atomic mass is 10.0. The number of furan rings is 1. The third-order valence-electron chi connectivity index (χ3n) is 2.84. The van der Waals surface area contributed by atoms with Crippen LogP contribution >= 0.6 is 0 Å². The summed E-state index contributed by atoms with van der Waals surface area (Å²) in [5, 5.41) is 14.4. The van der Waals surface area contributed by atoms with Gasteiger partial charge in [0, 0.05) is 18.7 Å². The van der Waals surface area contributed by atoms with Gasteiger partial charge < -0.3 is 20.2 Å². The predicted molar refractivity (Wildman–Crippen MR) is 63.1 cm³/mol. The van der Waals surface area contributed by atoms with Gasteiger partial charge in [0.1, 0.15) is 5.76 Å². The fourth-order valence-corrected chi connectivity index (χ4v) is 1.56. The molecule has 1 saturated heterocycles. The fraction of sp³-hybridized carbons (Fsp3) is 0.333. The highest BCUT2D eigenvalue weighted by Crippen LogP contribution is 2.10. The zero-order valence-corrected chi connectivity index (χ0v) is 9.95. The van der Waals surface area contributed by atoms with E-state index in [0.29, 0.717) is 11.3 Å². The predicted octanol–water partition coefficient (Wildman–Crippen LogP) is 0.514. The number of carboxylic acid groups (broad SMARTS) is 1. The zero-order chi connectivity index (χ0) is 13.1. The quantitative estimate of drug-likeness (QED) is 0.677. The summed E-state index contributed by atoms with van der Waals surface area (Å²) in [6.45, 7) is 3.47. The van der Waals surface area contributed by atoms with Crippen LogP contribution in [0, 0.1) is 0 Å². The van der Waals surface area contributed by atoms with E-state index in [-0.39, 0.29) is 18.2 Å². The van der Waals surface area contributed by atoms with Crippen LogP contribution in [0.5, 0.6) is 0 Å². The average molecular weight is 250 g/mol. The van der Waals surface area contributed by atoms with E-state index in [1.807, 2.05) is 0 Å². The normalized spacial score (nSPS) is 13.9. The highest BCUT2D eigenvalue weighted by atomic mass is 16.4. The summed E-state index contributed by atoms with van der Waals surface area (Å²) < 4.78 is 5.03. The van der Waals surface area contributed by atoms with E-state index in [1.165, 1.54) is 12.1 Å². The van der Waals surface area contributed by atoms with Crippen molar-refractivity contribution in [2.45, 2.75) is 13.5 Å². The summed E-state index contributed by atoms with van der Waals surface area (Å²) >= 11 is 0. The van der Waals surface area contributed by atoms with Gasteiger partial charge >= 0.3 is 5.97 Å². The Morgan fingerprint density at radius 2 is 2.17 bits per heavy atom. The van der Waals surface area contributed by atoms with Crippen molar-refractivity contribution in [3.05, 3.63) is 34.8 Å². The molecule has 1 aliphatic rings. The van der Waals surface area contributed by atoms with Crippen LogP contribution in [0.15, 0.2) is 27.7 Å². The van der Waals surface area contributed by atoms with Gasteiger partial charge in [-0.05, 0) is 24.6 Å². The Kier molecular flexibility index (Phi) is 3.47. The van der Waals surface area contributed by atoms with Gasteiger partial charge in [0.2, 0.25) is 11.7 Å². The SMILES string of the molecule is CC(C(=O)NCc1ccc(C(=O)O)o1)=C1CNC1.